The van der Waals surface area contributed by atoms with E-state index in [1.807, 2.05) is 6.07 Å². The molecule has 1 unspecified atom stereocenters. The second-order valence-corrected chi connectivity index (χ2v) is 2.80. The number of benzene rings is 1. The average molecular weight is 194 g/mol. The zero-order valence-electron chi connectivity index (χ0n) is 7.41. The first-order valence-corrected chi connectivity index (χ1v) is 4.08. The highest BCUT2D eigenvalue weighted by molar-refractivity contribution is 5.67. The van der Waals surface area contributed by atoms with Crippen molar-refractivity contribution in [3.63, 3.8) is 0 Å². The molecule has 0 aliphatic heterocycles. The van der Waals surface area contributed by atoms with Crippen LogP contribution in [0.5, 0.6) is 0 Å². The highest BCUT2D eigenvalue weighted by Gasteiger charge is 2.15. The molecule has 0 aliphatic rings. The fourth-order valence-corrected chi connectivity index (χ4v) is 1.18. The van der Waals surface area contributed by atoms with Crippen LogP contribution in [0.1, 0.15) is 11.5 Å². The van der Waals surface area contributed by atoms with Gasteiger partial charge in [0.1, 0.15) is 0 Å². The first-order chi connectivity index (χ1) is 6.74. The fraction of sp³-hybridized carbons (Fsp3) is 0.222. The molecule has 0 aliphatic carbocycles. The summed E-state index contributed by atoms with van der Waals surface area (Å²) >= 11 is 0. The normalized spacial score (nSPS) is 12.9. The van der Waals surface area contributed by atoms with Crippen LogP contribution in [0.25, 0.3) is 0 Å². The van der Waals surface area contributed by atoms with E-state index < -0.39 is 10.8 Å². The summed E-state index contributed by atoms with van der Waals surface area (Å²) < 4.78 is 0. The molecule has 5 nitrogen and oxygen atoms in total. The molecule has 1 atom stereocenters. The van der Waals surface area contributed by atoms with Crippen molar-refractivity contribution in [3.05, 3.63) is 46.0 Å². The van der Waals surface area contributed by atoms with E-state index >= 15 is 0 Å². The number of nitrogens with zero attached hydrogens (tertiary/aromatic N) is 2. The standard InChI is InChI=1S/C9H10N2O3/c12-10-6-9(7-11(13)14)8-4-2-1-3-5-8/h1-6,9,12H,7H2. The molecule has 0 spiro atoms. The largest absolute Gasteiger partial charge is 0.411 e. The van der Waals surface area contributed by atoms with Gasteiger partial charge < -0.3 is 5.21 Å². The van der Waals surface area contributed by atoms with Crippen LogP contribution in [-0.2, 0) is 0 Å². The van der Waals surface area contributed by atoms with Gasteiger partial charge in [-0.15, -0.1) is 5.16 Å². The molecule has 74 valence electrons. The lowest BCUT2D eigenvalue weighted by Crippen LogP contribution is -2.13. The molecular formula is C9H10N2O3. The minimum Gasteiger partial charge on any atom is -0.411 e. The van der Waals surface area contributed by atoms with Crippen molar-refractivity contribution in [2.75, 3.05) is 6.54 Å². The topological polar surface area (TPSA) is 75.7 Å². The second-order valence-electron chi connectivity index (χ2n) is 2.80. The van der Waals surface area contributed by atoms with E-state index in [9.17, 15) is 10.1 Å². The first-order valence-electron chi connectivity index (χ1n) is 4.08. The summed E-state index contributed by atoms with van der Waals surface area (Å²) in [6.07, 6.45) is 1.16. The fourth-order valence-electron chi connectivity index (χ4n) is 1.18. The maximum atomic E-state index is 10.3. The van der Waals surface area contributed by atoms with Gasteiger partial charge in [-0.1, -0.05) is 30.3 Å². The summed E-state index contributed by atoms with van der Waals surface area (Å²) in [5.41, 5.74) is 0.766. The Bertz CT molecular complexity index is 324. The maximum Gasteiger partial charge on any atom is 0.215 e. The molecule has 1 aromatic carbocycles. The zero-order chi connectivity index (χ0) is 10.4. The molecule has 1 aromatic rings. The third-order valence-electron chi connectivity index (χ3n) is 1.82. The number of rotatable bonds is 4. The quantitative estimate of drug-likeness (QED) is 0.341. The summed E-state index contributed by atoms with van der Waals surface area (Å²) in [4.78, 5) is 9.89. The monoisotopic (exact) mass is 194 g/mol. The third-order valence-corrected chi connectivity index (χ3v) is 1.82. The van der Waals surface area contributed by atoms with Crippen LogP contribution in [-0.4, -0.2) is 22.9 Å². The van der Waals surface area contributed by atoms with E-state index in [1.165, 1.54) is 0 Å². The number of hydrogen-bond acceptors (Lipinski definition) is 4. The van der Waals surface area contributed by atoms with Crippen molar-refractivity contribution in [1.82, 2.24) is 0 Å². The van der Waals surface area contributed by atoms with Crippen molar-refractivity contribution in [2.24, 2.45) is 5.16 Å². The molecule has 0 saturated heterocycles. The molecule has 0 aromatic heterocycles. The van der Waals surface area contributed by atoms with Crippen molar-refractivity contribution in [2.45, 2.75) is 5.92 Å². The highest BCUT2D eigenvalue weighted by atomic mass is 16.6. The van der Waals surface area contributed by atoms with Gasteiger partial charge in [-0.3, -0.25) is 10.1 Å². The average Bonchev–Trinajstić information content (AvgIpc) is 2.18. The molecule has 0 fully saturated rings. The predicted molar refractivity (Wildman–Crippen MR) is 51.3 cm³/mol. The molecule has 0 heterocycles. The summed E-state index contributed by atoms with van der Waals surface area (Å²) in [5.74, 6) is -0.476. The van der Waals surface area contributed by atoms with Crippen molar-refractivity contribution in [1.29, 1.82) is 0 Å². The van der Waals surface area contributed by atoms with Crippen LogP contribution in [0, 0.1) is 10.1 Å². The van der Waals surface area contributed by atoms with E-state index in [0.29, 0.717) is 0 Å². The Hall–Kier alpha value is -1.91. The number of nitro groups is 1. The molecule has 0 radical (unpaired) electrons. The molecule has 5 heteroatoms. The summed E-state index contributed by atoms with van der Waals surface area (Å²) in [5, 5.41) is 21.5. The highest BCUT2D eigenvalue weighted by Crippen LogP contribution is 2.13. The van der Waals surface area contributed by atoms with Gasteiger partial charge in [-0.2, -0.15) is 0 Å². The number of oxime groups is 1. The van der Waals surface area contributed by atoms with Gasteiger partial charge in [0, 0.05) is 4.92 Å². The van der Waals surface area contributed by atoms with E-state index in [1.54, 1.807) is 24.3 Å². The first kappa shape index (κ1) is 10.2. The number of hydrogen-bond donors (Lipinski definition) is 1. The lowest BCUT2D eigenvalue weighted by atomic mass is 10.0. The molecule has 1 rings (SSSR count). The molecule has 1 N–H and O–H groups in total. The van der Waals surface area contributed by atoms with Gasteiger partial charge in [0.2, 0.25) is 6.54 Å². The van der Waals surface area contributed by atoms with Crippen LogP contribution < -0.4 is 0 Å². The second kappa shape index (κ2) is 4.96. The van der Waals surface area contributed by atoms with E-state index in [0.717, 1.165) is 11.8 Å². The summed E-state index contributed by atoms with van der Waals surface area (Å²) in [7, 11) is 0. The Labute approximate surface area is 80.8 Å². The van der Waals surface area contributed by atoms with Crippen molar-refractivity contribution < 1.29 is 10.1 Å². The van der Waals surface area contributed by atoms with Gasteiger partial charge in [0.15, 0.2) is 0 Å². The van der Waals surface area contributed by atoms with Gasteiger partial charge in [0.25, 0.3) is 0 Å². The van der Waals surface area contributed by atoms with Gasteiger partial charge in [-0.05, 0) is 5.56 Å². The molecule has 14 heavy (non-hydrogen) atoms. The van der Waals surface area contributed by atoms with Gasteiger partial charge in [-0.25, -0.2) is 0 Å². The van der Waals surface area contributed by atoms with E-state index in [-0.39, 0.29) is 6.54 Å². The molecule has 0 amide bonds. The zero-order valence-corrected chi connectivity index (χ0v) is 7.41. The van der Waals surface area contributed by atoms with E-state index in [4.69, 9.17) is 5.21 Å². The Balaban J connectivity index is 2.83. The van der Waals surface area contributed by atoms with Gasteiger partial charge >= 0.3 is 0 Å². The Kier molecular flexibility index (Phi) is 3.60. The maximum absolute atomic E-state index is 10.3. The predicted octanol–water partition coefficient (Wildman–Crippen LogP) is 1.51. The van der Waals surface area contributed by atoms with Crippen LogP contribution in [0.3, 0.4) is 0 Å². The molecular weight excluding hydrogens is 184 g/mol. The SMILES string of the molecule is O=[N+]([O-])CC(C=NO)c1ccccc1. The Morgan fingerprint density at radius 1 is 1.50 bits per heavy atom. The molecule has 0 bridgehead atoms. The minimum absolute atomic E-state index is 0.270. The van der Waals surface area contributed by atoms with Crippen LogP contribution in [0.2, 0.25) is 0 Å². The Morgan fingerprint density at radius 3 is 2.64 bits per heavy atom. The summed E-state index contributed by atoms with van der Waals surface area (Å²) in [6.45, 7) is -0.270. The van der Waals surface area contributed by atoms with E-state index in [2.05, 4.69) is 5.16 Å². The lowest BCUT2D eigenvalue weighted by molar-refractivity contribution is -0.480. The van der Waals surface area contributed by atoms with Crippen LogP contribution in [0.4, 0.5) is 0 Å². The third kappa shape index (κ3) is 2.85. The van der Waals surface area contributed by atoms with Crippen molar-refractivity contribution >= 4 is 6.21 Å². The van der Waals surface area contributed by atoms with Gasteiger partial charge in [0.05, 0.1) is 12.1 Å². The summed E-state index contributed by atoms with van der Waals surface area (Å²) in [6, 6.07) is 8.91. The van der Waals surface area contributed by atoms with Crippen LogP contribution in [0.15, 0.2) is 35.5 Å². The van der Waals surface area contributed by atoms with Crippen molar-refractivity contribution in [3.8, 4) is 0 Å². The molecule has 0 saturated carbocycles. The van der Waals surface area contributed by atoms with Crippen LogP contribution >= 0.6 is 0 Å². The lowest BCUT2D eigenvalue weighted by Gasteiger charge is -2.05. The Morgan fingerprint density at radius 2 is 2.14 bits per heavy atom. The minimum atomic E-state index is -0.476. The smallest absolute Gasteiger partial charge is 0.215 e.